The smallest absolute Gasteiger partial charge is 0.273 e. The number of carbonyl (C=O) groups excluding carboxylic acids is 1. The van der Waals surface area contributed by atoms with Crippen molar-refractivity contribution in [1.29, 1.82) is 0 Å². The average molecular weight is 375 g/mol. The fourth-order valence-corrected chi connectivity index (χ4v) is 2.61. The lowest BCUT2D eigenvalue weighted by Gasteiger charge is -2.27. The Morgan fingerprint density at radius 1 is 1.26 bits per heavy atom. The first-order valence-corrected chi connectivity index (χ1v) is 9.15. The van der Waals surface area contributed by atoms with Crippen LogP contribution in [-0.2, 0) is 17.8 Å². The van der Waals surface area contributed by atoms with Crippen molar-refractivity contribution < 1.29 is 18.7 Å². The van der Waals surface area contributed by atoms with Crippen LogP contribution in [0.15, 0.2) is 34.9 Å². The van der Waals surface area contributed by atoms with Gasteiger partial charge in [0.2, 0.25) is 5.89 Å². The zero-order chi connectivity index (χ0) is 19.6. The van der Waals surface area contributed by atoms with E-state index in [-0.39, 0.29) is 11.6 Å². The molecule has 0 bridgehead atoms. The predicted molar refractivity (Wildman–Crippen MR) is 103 cm³/mol. The fourth-order valence-electron chi connectivity index (χ4n) is 2.61. The van der Waals surface area contributed by atoms with Crippen LogP contribution in [0.1, 0.15) is 42.2 Å². The van der Waals surface area contributed by atoms with E-state index in [1.807, 2.05) is 12.1 Å². The highest BCUT2D eigenvalue weighted by atomic mass is 16.5. The lowest BCUT2D eigenvalue weighted by Crippen LogP contribution is -2.32. The highest BCUT2D eigenvalue weighted by Crippen LogP contribution is 2.17. The first kappa shape index (κ1) is 20.9. The van der Waals surface area contributed by atoms with E-state index < -0.39 is 0 Å². The minimum absolute atomic E-state index is 0.257. The van der Waals surface area contributed by atoms with Crippen molar-refractivity contribution in [3.63, 3.8) is 0 Å². The molecule has 0 aliphatic carbocycles. The second-order valence-corrected chi connectivity index (χ2v) is 6.39. The zero-order valence-corrected chi connectivity index (χ0v) is 16.5. The number of oxazole rings is 1. The van der Waals surface area contributed by atoms with E-state index in [1.54, 1.807) is 14.2 Å². The van der Waals surface area contributed by atoms with Crippen molar-refractivity contribution in [3.8, 4) is 5.75 Å². The summed E-state index contributed by atoms with van der Waals surface area (Å²) in [6, 6.07) is 8.37. The monoisotopic (exact) mass is 375 g/mol. The highest BCUT2D eigenvalue weighted by molar-refractivity contribution is 5.91. The Bertz CT molecular complexity index is 700. The van der Waals surface area contributed by atoms with E-state index in [0.29, 0.717) is 31.6 Å². The van der Waals surface area contributed by atoms with E-state index in [4.69, 9.17) is 13.9 Å². The summed E-state index contributed by atoms with van der Waals surface area (Å²) in [6.45, 7) is 6.51. The van der Waals surface area contributed by atoms with Crippen molar-refractivity contribution in [2.45, 2.75) is 39.4 Å². The summed E-state index contributed by atoms with van der Waals surface area (Å²) in [5, 5.41) is 2.74. The van der Waals surface area contributed by atoms with Gasteiger partial charge in [0.25, 0.3) is 5.91 Å². The molecule has 0 aliphatic heterocycles. The molecule has 7 heteroatoms. The molecule has 0 fully saturated rings. The summed E-state index contributed by atoms with van der Waals surface area (Å²) in [7, 11) is 3.25. The van der Waals surface area contributed by atoms with Crippen LogP contribution in [0.25, 0.3) is 0 Å². The number of rotatable bonds is 11. The SMILES string of the molecule is CCC(C)N(Cc1ccc(OC)cc1)Cc1nc(C(=O)NCCOC)co1. The number of nitrogens with one attached hydrogen (secondary N) is 1. The molecule has 7 nitrogen and oxygen atoms in total. The highest BCUT2D eigenvalue weighted by Gasteiger charge is 2.18. The zero-order valence-electron chi connectivity index (χ0n) is 16.5. The van der Waals surface area contributed by atoms with E-state index in [2.05, 4.69) is 41.2 Å². The molecular formula is C20H29N3O4. The Morgan fingerprint density at radius 2 is 2.00 bits per heavy atom. The van der Waals surface area contributed by atoms with E-state index in [0.717, 1.165) is 18.7 Å². The molecule has 2 aromatic rings. The van der Waals surface area contributed by atoms with Gasteiger partial charge >= 0.3 is 0 Å². The molecule has 1 heterocycles. The molecule has 1 aromatic carbocycles. The van der Waals surface area contributed by atoms with Crippen molar-refractivity contribution in [3.05, 3.63) is 47.7 Å². The second kappa shape index (κ2) is 10.7. The maximum absolute atomic E-state index is 12.0. The Hall–Kier alpha value is -2.38. The van der Waals surface area contributed by atoms with Gasteiger partial charge in [0.15, 0.2) is 5.69 Å². The summed E-state index contributed by atoms with van der Waals surface area (Å²) in [5.74, 6) is 1.11. The molecule has 0 saturated heterocycles. The standard InChI is InChI=1S/C20H29N3O4/c1-5-15(2)23(12-16-6-8-17(26-4)9-7-16)13-19-22-18(14-27-19)20(24)21-10-11-25-3/h6-9,14-15H,5,10-13H2,1-4H3,(H,21,24). The topological polar surface area (TPSA) is 76.8 Å². The van der Waals surface area contributed by atoms with Gasteiger partial charge in [-0.1, -0.05) is 19.1 Å². The Labute approximate surface area is 160 Å². The molecule has 0 radical (unpaired) electrons. The van der Waals surface area contributed by atoms with Gasteiger partial charge < -0.3 is 19.2 Å². The van der Waals surface area contributed by atoms with Crippen molar-refractivity contribution in [1.82, 2.24) is 15.2 Å². The molecule has 2 rings (SSSR count). The van der Waals surface area contributed by atoms with Gasteiger partial charge in [0.05, 0.1) is 20.3 Å². The fraction of sp³-hybridized carbons (Fsp3) is 0.500. The molecule has 0 spiro atoms. The molecule has 0 saturated carbocycles. The van der Waals surface area contributed by atoms with Crippen molar-refractivity contribution in [2.75, 3.05) is 27.4 Å². The predicted octanol–water partition coefficient (Wildman–Crippen LogP) is 2.86. The van der Waals surface area contributed by atoms with Gasteiger partial charge in [0, 0.05) is 26.2 Å². The molecular weight excluding hydrogens is 346 g/mol. The maximum atomic E-state index is 12.0. The lowest BCUT2D eigenvalue weighted by molar-refractivity contribution is 0.0932. The molecule has 1 amide bonds. The van der Waals surface area contributed by atoms with Crippen LogP contribution >= 0.6 is 0 Å². The van der Waals surface area contributed by atoms with Gasteiger partial charge in [-0.25, -0.2) is 4.98 Å². The molecule has 0 aliphatic rings. The van der Waals surface area contributed by atoms with Crippen LogP contribution in [-0.4, -0.2) is 49.2 Å². The number of benzene rings is 1. The number of nitrogens with zero attached hydrogens (tertiary/aromatic N) is 2. The van der Waals surface area contributed by atoms with Gasteiger partial charge in [-0.3, -0.25) is 9.69 Å². The Kier molecular flexibility index (Phi) is 8.29. The lowest BCUT2D eigenvalue weighted by atomic mass is 10.1. The van der Waals surface area contributed by atoms with Crippen LogP contribution in [0.2, 0.25) is 0 Å². The van der Waals surface area contributed by atoms with Crippen molar-refractivity contribution in [2.24, 2.45) is 0 Å². The van der Waals surface area contributed by atoms with Crippen molar-refractivity contribution >= 4 is 5.91 Å². The van der Waals surface area contributed by atoms with E-state index in [9.17, 15) is 4.79 Å². The molecule has 27 heavy (non-hydrogen) atoms. The number of amides is 1. The normalized spacial score (nSPS) is 12.2. The average Bonchev–Trinajstić information content (AvgIpc) is 3.16. The summed E-state index contributed by atoms with van der Waals surface area (Å²) in [5.41, 5.74) is 1.47. The Balaban J connectivity index is 2.02. The third-order valence-corrected chi connectivity index (χ3v) is 4.47. The summed E-state index contributed by atoms with van der Waals surface area (Å²) >= 11 is 0. The molecule has 1 aromatic heterocycles. The van der Waals surface area contributed by atoms with Gasteiger partial charge in [-0.05, 0) is 31.0 Å². The van der Waals surface area contributed by atoms with E-state index >= 15 is 0 Å². The number of hydrogen-bond acceptors (Lipinski definition) is 6. The van der Waals surface area contributed by atoms with E-state index in [1.165, 1.54) is 11.8 Å². The number of aromatic nitrogens is 1. The summed E-state index contributed by atoms with van der Waals surface area (Å²) in [6.07, 6.45) is 2.40. The quantitative estimate of drug-likeness (QED) is 0.609. The first-order chi connectivity index (χ1) is 13.1. The number of hydrogen-bond donors (Lipinski definition) is 1. The first-order valence-electron chi connectivity index (χ1n) is 9.15. The van der Waals surface area contributed by atoms with Crippen LogP contribution in [0, 0.1) is 0 Å². The molecule has 1 atom stereocenters. The molecule has 1 unspecified atom stereocenters. The van der Waals surface area contributed by atoms with Crippen LogP contribution in [0.5, 0.6) is 5.75 Å². The third kappa shape index (κ3) is 6.37. The van der Waals surface area contributed by atoms with Crippen LogP contribution in [0.4, 0.5) is 0 Å². The largest absolute Gasteiger partial charge is 0.497 e. The second-order valence-electron chi connectivity index (χ2n) is 6.39. The minimum Gasteiger partial charge on any atom is -0.497 e. The number of methoxy groups -OCH3 is 2. The van der Waals surface area contributed by atoms with Gasteiger partial charge in [-0.15, -0.1) is 0 Å². The van der Waals surface area contributed by atoms with Crippen LogP contribution in [0.3, 0.4) is 0 Å². The minimum atomic E-state index is -0.257. The van der Waals surface area contributed by atoms with Gasteiger partial charge in [0.1, 0.15) is 12.0 Å². The Morgan fingerprint density at radius 3 is 2.63 bits per heavy atom. The number of carbonyl (C=O) groups is 1. The number of ether oxygens (including phenoxy) is 2. The van der Waals surface area contributed by atoms with Crippen LogP contribution < -0.4 is 10.1 Å². The molecule has 148 valence electrons. The maximum Gasteiger partial charge on any atom is 0.273 e. The molecule has 1 N–H and O–H groups in total. The third-order valence-electron chi connectivity index (χ3n) is 4.47. The van der Waals surface area contributed by atoms with Gasteiger partial charge in [-0.2, -0.15) is 0 Å². The summed E-state index contributed by atoms with van der Waals surface area (Å²) < 4.78 is 15.7. The summed E-state index contributed by atoms with van der Waals surface area (Å²) in [4.78, 5) is 18.7.